The van der Waals surface area contributed by atoms with Crippen LogP contribution in [0.5, 0.6) is 0 Å². The summed E-state index contributed by atoms with van der Waals surface area (Å²) >= 11 is 0. The number of carbonyl (C=O) groups excluding carboxylic acids is 1. The van der Waals surface area contributed by atoms with Gasteiger partial charge in [-0.15, -0.1) is 0 Å². The van der Waals surface area contributed by atoms with Crippen molar-refractivity contribution in [3.8, 4) is 0 Å². The quantitative estimate of drug-likeness (QED) is 0.580. The first-order chi connectivity index (χ1) is 5.25. The van der Waals surface area contributed by atoms with Crippen LogP contribution in [0, 0.1) is 5.92 Å². The number of methoxy groups -OCH3 is 1. The van der Waals surface area contributed by atoms with Crippen molar-refractivity contribution < 1.29 is 14.6 Å². The second-order valence-corrected chi connectivity index (χ2v) is 2.32. The first kappa shape index (κ1) is 8.01. The Hall–Kier alpha value is -1.09. The van der Waals surface area contributed by atoms with E-state index in [-0.39, 0.29) is 5.92 Å². The lowest BCUT2D eigenvalue weighted by Gasteiger charge is -2.11. The van der Waals surface area contributed by atoms with Gasteiger partial charge >= 0.3 is 5.97 Å². The summed E-state index contributed by atoms with van der Waals surface area (Å²) in [5, 5.41) is 9.24. The molecule has 0 aromatic heterocycles. The van der Waals surface area contributed by atoms with Crippen molar-refractivity contribution in [3.63, 3.8) is 0 Å². The standard InChI is InChI=1S/C8H10O3/c1-11-8(10)7(9)6-4-2-3-5-6/h2-7,9H,1H3. The minimum Gasteiger partial charge on any atom is -0.467 e. The highest BCUT2D eigenvalue weighted by atomic mass is 16.5. The van der Waals surface area contributed by atoms with Gasteiger partial charge in [-0.3, -0.25) is 0 Å². The van der Waals surface area contributed by atoms with Gasteiger partial charge in [0.25, 0.3) is 0 Å². The van der Waals surface area contributed by atoms with Crippen LogP contribution < -0.4 is 0 Å². The largest absolute Gasteiger partial charge is 0.467 e. The van der Waals surface area contributed by atoms with Crippen LogP contribution in [0.1, 0.15) is 0 Å². The molecular weight excluding hydrogens is 144 g/mol. The number of esters is 1. The maximum absolute atomic E-state index is 10.8. The molecule has 1 atom stereocenters. The highest BCUT2D eigenvalue weighted by molar-refractivity contribution is 5.75. The van der Waals surface area contributed by atoms with E-state index in [0.29, 0.717) is 0 Å². The molecule has 0 amide bonds. The fraction of sp³-hybridized carbons (Fsp3) is 0.375. The summed E-state index contributed by atoms with van der Waals surface area (Å²) in [6.07, 6.45) is 6.02. The molecule has 0 radical (unpaired) electrons. The van der Waals surface area contributed by atoms with Crippen molar-refractivity contribution in [2.75, 3.05) is 7.11 Å². The number of allylic oxidation sites excluding steroid dienone is 2. The number of rotatable bonds is 2. The molecule has 0 saturated heterocycles. The van der Waals surface area contributed by atoms with Gasteiger partial charge in [-0.05, 0) is 0 Å². The van der Waals surface area contributed by atoms with E-state index in [0.717, 1.165) is 0 Å². The Morgan fingerprint density at radius 1 is 1.55 bits per heavy atom. The highest BCUT2D eigenvalue weighted by Gasteiger charge is 2.23. The number of carbonyl (C=O) groups is 1. The predicted molar refractivity (Wildman–Crippen MR) is 39.8 cm³/mol. The van der Waals surface area contributed by atoms with Crippen molar-refractivity contribution >= 4 is 5.97 Å². The molecule has 0 heterocycles. The number of hydrogen-bond donors (Lipinski definition) is 1. The molecule has 1 aliphatic rings. The molecule has 3 heteroatoms. The van der Waals surface area contributed by atoms with Gasteiger partial charge in [0.2, 0.25) is 0 Å². The molecule has 1 rings (SSSR count). The van der Waals surface area contributed by atoms with Gasteiger partial charge in [-0.2, -0.15) is 0 Å². The lowest BCUT2D eigenvalue weighted by atomic mass is 10.1. The monoisotopic (exact) mass is 154 g/mol. The lowest BCUT2D eigenvalue weighted by Crippen LogP contribution is -2.27. The number of aliphatic hydroxyl groups is 1. The average molecular weight is 154 g/mol. The SMILES string of the molecule is COC(=O)C(O)C1C=CC=C1. The van der Waals surface area contributed by atoms with E-state index in [1.54, 1.807) is 24.3 Å². The molecule has 0 aromatic rings. The van der Waals surface area contributed by atoms with Gasteiger partial charge in [0.15, 0.2) is 6.10 Å². The Labute approximate surface area is 65.0 Å². The van der Waals surface area contributed by atoms with Crippen molar-refractivity contribution in [3.05, 3.63) is 24.3 Å². The molecule has 0 bridgehead atoms. The molecule has 0 saturated carbocycles. The number of ether oxygens (including phenoxy) is 1. The van der Waals surface area contributed by atoms with Crippen LogP contribution in [-0.2, 0) is 9.53 Å². The molecule has 60 valence electrons. The van der Waals surface area contributed by atoms with Crippen LogP contribution in [0.3, 0.4) is 0 Å². The van der Waals surface area contributed by atoms with Gasteiger partial charge in [-0.25, -0.2) is 4.79 Å². The minimum absolute atomic E-state index is 0.220. The molecule has 0 fully saturated rings. The Balaban J connectivity index is 2.53. The van der Waals surface area contributed by atoms with Crippen LogP contribution in [0.4, 0.5) is 0 Å². The topological polar surface area (TPSA) is 46.5 Å². The van der Waals surface area contributed by atoms with Crippen molar-refractivity contribution in [1.82, 2.24) is 0 Å². The van der Waals surface area contributed by atoms with Gasteiger partial charge in [0.05, 0.1) is 7.11 Å². The van der Waals surface area contributed by atoms with E-state index in [1.165, 1.54) is 7.11 Å². The molecule has 1 unspecified atom stereocenters. The van der Waals surface area contributed by atoms with E-state index < -0.39 is 12.1 Å². The maximum Gasteiger partial charge on any atom is 0.335 e. The van der Waals surface area contributed by atoms with Crippen LogP contribution in [0.25, 0.3) is 0 Å². The van der Waals surface area contributed by atoms with Crippen LogP contribution in [0.2, 0.25) is 0 Å². The van der Waals surface area contributed by atoms with Crippen molar-refractivity contribution in [2.45, 2.75) is 6.10 Å². The highest BCUT2D eigenvalue weighted by Crippen LogP contribution is 2.14. The molecule has 1 N–H and O–H groups in total. The molecule has 1 aliphatic carbocycles. The Bertz CT molecular complexity index is 193. The summed E-state index contributed by atoms with van der Waals surface area (Å²) in [7, 11) is 1.26. The Kier molecular flexibility index (Phi) is 2.44. The van der Waals surface area contributed by atoms with E-state index in [9.17, 15) is 9.90 Å². The van der Waals surface area contributed by atoms with E-state index in [1.807, 2.05) is 0 Å². The molecule has 0 aliphatic heterocycles. The zero-order valence-corrected chi connectivity index (χ0v) is 6.23. The van der Waals surface area contributed by atoms with Crippen LogP contribution >= 0.6 is 0 Å². The summed E-state index contributed by atoms with van der Waals surface area (Å²) < 4.78 is 4.37. The molecule has 11 heavy (non-hydrogen) atoms. The number of hydrogen-bond acceptors (Lipinski definition) is 3. The maximum atomic E-state index is 10.8. The molecule has 0 spiro atoms. The predicted octanol–water partition coefficient (Wildman–Crippen LogP) is 0.263. The summed E-state index contributed by atoms with van der Waals surface area (Å²) in [4.78, 5) is 10.8. The van der Waals surface area contributed by atoms with Gasteiger partial charge in [-0.1, -0.05) is 24.3 Å². The minimum atomic E-state index is -1.06. The fourth-order valence-corrected chi connectivity index (χ4v) is 0.937. The smallest absolute Gasteiger partial charge is 0.335 e. The third-order valence-electron chi connectivity index (χ3n) is 1.59. The molecule has 0 aromatic carbocycles. The Morgan fingerprint density at radius 2 is 2.09 bits per heavy atom. The van der Waals surface area contributed by atoms with Crippen molar-refractivity contribution in [1.29, 1.82) is 0 Å². The fourth-order valence-electron chi connectivity index (χ4n) is 0.937. The molecular formula is C8H10O3. The summed E-state index contributed by atoms with van der Waals surface area (Å²) in [5.74, 6) is -0.811. The third-order valence-corrected chi connectivity index (χ3v) is 1.59. The zero-order chi connectivity index (χ0) is 8.27. The number of aliphatic hydroxyl groups excluding tert-OH is 1. The first-order valence-electron chi connectivity index (χ1n) is 3.36. The van der Waals surface area contributed by atoms with Gasteiger partial charge < -0.3 is 9.84 Å². The third kappa shape index (κ3) is 1.68. The zero-order valence-electron chi connectivity index (χ0n) is 6.23. The van der Waals surface area contributed by atoms with E-state index in [2.05, 4.69) is 4.74 Å². The average Bonchev–Trinajstić information content (AvgIpc) is 2.53. The summed E-state index contributed by atoms with van der Waals surface area (Å²) in [5.41, 5.74) is 0. The molecule has 3 nitrogen and oxygen atoms in total. The summed E-state index contributed by atoms with van der Waals surface area (Å²) in [6.45, 7) is 0. The van der Waals surface area contributed by atoms with Crippen LogP contribution in [0.15, 0.2) is 24.3 Å². The second kappa shape index (κ2) is 3.34. The normalized spacial score (nSPS) is 18.7. The lowest BCUT2D eigenvalue weighted by molar-refractivity contribution is -0.151. The van der Waals surface area contributed by atoms with Crippen molar-refractivity contribution in [2.24, 2.45) is 5.92 Å². The first-order valence-corrected chi connectivity index (χ1v) is 3.36. The second-order valence-electron chi connectivity index (χ2n) is 2.32. The van der Waals surface area contributed by atoms with Crippen LogP contribution in [-0.4, -0.2) is 24.3 Å². The van der Waals surface area contributed by atoms with E-state index in [4.69, 9.17) is 0 Å². The summed E-state index contributed by atoms with van der Waals surface area (Å²) in [6, 6.07) is 0. The van der Waals surface area contributed by atoms with E-state index >= 15 is 0 Å². The van der Waals surface area contributed by atoms with Gasteiger partial charge in [0, 0.05) is 5.92 Å². The van der Waals surface area contributed by atoms with Gasteiger partial charge in [0.1, 0.15) is 0 Å². The Morgan fingerprint density at radius 3 is 2.55 bits per heavy atom.